The summed E-state index contributed by atoms with van der Waals surface area (Å²) < 4.78 is 5.41. The second-order valence-electron chi connectivity index (χ2n) is 4.68. The van der Waals surface area contributed by atoms with Gasteiger partial charge >= 0.3 is 0 Å². The molecule has 3 aromatic rings. The summed E-state index contributed by atoms with van der Waals surface area (Å²) in [6.45, 7) is 2.29. The Bertz CT molecular complexity index is 742. The average Bonchev–Trinajstić information content (AvgIpc) is 3.04. The monoisotopic (exact) mass is 269 g/mol. The van der Waals surface area contributed by atoms with Crippen molar-refractivity contribution in [3.05, 3.63) is 53.7 Å². The first-order valence-electron chi connectivity index (χ1n) is 6.45. The zero-order chi connectivity index (χ0) is 13.9. The van der Waals surface area contributed by atoms with Crippen LogP contribution in [0.1, 0.15) is 17.1 Å². The fourth-order valence-electron chi connectivity index (χ4n) is 2.16. The number of carbonyl (C=O) groups excluding carboxylic acids is 1. The van der Waals surface area contributed by atoms with Crippen LogP contribution in [0.3, 0.4) is 0 Å². The van der Waals surface area contributed by atoms with Crippen molar-refractivity contribution in [2.24, 2.45) is 0 Å². The zero-order valence-electron chi connectivity index (χ0n) is 11.1. The molecule has 5 nitrogen and oxygen atoms in total. The zero-order valence-corrected chi connectivity index (χ0v) is 11.1. The highest BCUT2D eigenvalue weighted by Gasteiger charge is 2.09. The third kappa shape index (κ3) is 2.56. The van der Waals surface area contributed by atoms with Crippen LogP contribution in [0, 0.1) is 6.92 Å². The molecular formula is C15H15N3O2. The highest BCUT2D eigenvalue weighted by atomic mass is 16.3. The maximum absolute atomic E-state index is 11.9. The molecule has 3 rings (SSSR count). The third-order valence-electron chi connectivity index (χ3n) is 3.14. The number of hydrogen-bond acceptors (Lipinski definition) is 3. The van der Waals surface area contributed by atoms with E-state index in [4.69, 9.17) is 4.42 Å². The summed E-state index contributed by atoms with van der Waals surface area (Å²) in [5, 5.41) is 3.83. The maximum atomic E-state index is 11.9. The number of aryl methyl sites for hydroxylation is 1. The molecule has 102 valence electrons. The maximum Gasteiger partial charge on any atom is 0.224 e. The standard InChI is InChI=1S/C15H15N3O2/c1-10-4-5-12(20-10)9-17-14(19)7-11-8-18-15-13(11)3-2-6-16-15/h2-6,8H,7,9H2,1H3,(H,16,18)(H,17,19). The Morgan fingerprint density at radius 2 is 2.30 bits per heavy atom. The fourth-order valence-corrected chi connectivity index (χ4v) is 2.16. The lowest BCUT2D eigenvalue weighted by atomic mass is 10.1. The Morgan fingerprint density at radius 3 is 3.10 bits per heavy atom. The molecule has 0 fully saturated rings. The van der Waals surface area contributed by atoms with Crippen molar-refractivity contribution in [3.8, 4) is 0 Å². The third-order valence-corrected chi connectivity index (χ3v) is 3.14. The Morgan fingerprint density at radius 1 is 1.40 bits per heavy atom. The molecular weight excluding hydrogens is 254 g/mol. The number of nitrogens with one attached hydrogen (secondary N) is 2. The molecule has 20 heavy (non-hydrogen) atoms. The van der Waals surface area contributed by atoms with Gasteiger partial charge in [-0.05, 0) is 36.8 Å². The van der Waals surface area contributed by atoms with Crippen molar-refractivity contribution in [1.82, 2.24) is 15.3 Å². The minimum atomic E-state index is -0.0381. The number of amides is 1. The lowest BCUT2D eigenvalue weighted by Crippen LogP contribution is -2.24. The van der Waals surface area contributed by atoms with Crippen molar-refractivity contribution in [2.45, 2.75) is 19.9 Å². The number of H-pyrrole nitrogens is 1. The summed E-state index contributed by atoms with van der Waals surface area (Å²) in [5.41, 5.74) is 1.75. The van der Waals surface area contributed by atoms with E-state index in [1.165, 1.54) is 0 Å². The van der Waals surface area contributed by atoms with E-state index in [2.05, 4.69) is 15.3 Å². The van der Waals surface area contributed by atoms with Crippen LogP contribution in [-0.4, -0.2) is 15.9 Å². The number of aromatic nitrogens is 2. The molecule has 0 spiro atoms. The molecule has 2 N–H and O–H groups in total. The molecule has 0 bridgehead atoms. The predicted molar refractivity (Wildman–Crippen MR) is 75.1 cm³/mol. The number of furan rings is 1. The number of nitrogens with zero attached hydrogens (tertiary/aromatic N) is 1. The van der Waals surface area contributed by atoms with Crippen LogP contribution in [0.5, 0.6) is 0 Å². The van der Waals surface area contributed by atoms with Gasteiger partial charge in [0, 0.05) is 17.8 Å². The van der Waals surface area contributed by atoms with E-state index < -0.39 is 0 Å². The van der Waals surface area contributed by atoms with Crippen molar-refractivity contribution in [2.75, 3.05) is 0 Å². The van der Waals surface area contributed by atoms with Gasteiger partial charge in [0.25, 0.3) is 0 Å². The van der Waals surface area contributed by atoms with E-state index in [1.807, 2.05) is 37.4 Å². The van der Waals surface area contributed by atoms with Gasteiger partial charge in [-0.1, -0.05) is 0 Å². The summed E-state index contributed by atoms with van der Waals surface area (Å²) in [6.07, 6.45) is 3.88. The second-order valence-corrected chi connectivity index (χ2v) is 4.68. The Balaban J connectivity index is 1.64. The Hall–Kier alpha value is -2.56. The lowest BCUT2D eigenvalue weighted by Gasteiger charge is -2.02. The van der Waals surface area contributed by atoms with Crippen molar-refractivity contribution < 1.29 is 9.21 Å². The molecule has 3 heterocycles. The van der Waals surface area contributed by atoms with Crippen molar-refractivity contribution in [3.63, 3.8) is 0 Å². The van der Waals surface area contributed by atoms with E-state index in [1.54, 1.807) is 6.20 Å². The van der Waals surface area contributed by atoms with Crippen LogP contribution in [-0.2, 0) is 17.8 Å². The van der Waals surface area contributed by atoms with Gasteiger partial charge in [-0.15, -0.1) is 0 Å². The molecule has 0 unspecified atom stereocenters. The number of aromatic amines is 1. The summed E-state index contributed by atoms with van der Waals surface area (Å²) in [7, 11) is 0. The molecule has 0 radical (unpaired) electrons. The van der Waals surface area contributed by atoms with E-state index in [0.717, 1.165) is 28.1 Å². The van der Waals surface area contributed by atoms with Crippen LogP contribution >= 0.6 is 0 Å². The minimum absolute atomic E-state index is 0.0381. The molecule has 0 saturated heterocycles. The van der Waals surface area contributed by atoms with Gasteiger partial charge in [0.15, 0.2) is 0 Å². The minimum Gasteiger partial charge on any atom is -0.465 e. The van der Waals surface area contributed by atoms with Crippen LogP contribution in [0.4, 0.5) is 0 Å². The smallest absolute Gasteiger partial charge is 0.224 e. The second kappa shape index (κ2) is 5.21. The highest BCUT2D eigenvalue weighted by Crippen LogP contribution is 2.16. The molecule has 3 aromatic heterocycles. The van der Waals surface area contributed by atoms with Crippen molar-refractivity contribution >= 4 is 16.9 Å². The van der Waals surface area contributed by atoms with E-state index >= 15 is 0 Å². The average molecular weight is 269 g/mol. The topological polar surface area (TPSA) is 70.9 Å². The molecule has 5 heteroatoms. The number of hydrogen-bond donors (Lipinski definition) is 2. The van der Waals surface area contributed by atoms with Gasteiger partial charge in [-0.25, -0.2) is 4.98 Å². The first-order chi connectivity index (χ1) is 9.72. The van der Waals surface area contributed by atoms with Gasteiger partial charge in [0.05, 0.1) is 13.0 Å². The molecule has 0 aliphatic rings. The van der Waals surface area contributed by atoms with Gasteiger partial charge in [-0.3, -0.25) is 4.79 Å². The van der Waals surface area contributed by atoms with Crippen LogP contribution < -0.4 is 5.32 Å². The first kappa shape index (κ1) is 12.5. The number of carbonyl (C=O) groups is 1. The van der Waals surface area contributed by atoms with Gasteiger partial charge in [0.1, 0.15) is 17.2 Å². The SMILES string of the molecule is Cc1ccc(CNC(=O)Cc2c[nH]c3ncccc23)o1. The Labute approximate surface area is 116 Å². The normalized spacial score (nSPS) is 10.8. The summed E-state index contributed by atoms with van der Waals surface area (Å²) in [4.78, 5) is 19.2. The molecule has 0 saturated carbocycles. The van der Waals surface area contributed by atoms with Gasteiger partial charge < -0.3 is 14.7 Å². The molecule has 0 aromatic carbocycles. The molecule has 0 aliphatic carbocycles. The van der Waals surface area contributed by atoms with Crippen LogP contribution in [0.25, 0.3) is 11.0 Å². The fraction of sp³-hybridized carbons (Fsp3) is 0.200. The van der Waals surface area contributed by atoms with Gasteiger partial charge in [0.2, 0.25) is 5.91 Å². The quantitative estimate of drug-likeness (QED) is 0.763. The Kier molecular flexibility index (Phi) is 3.25. The first-order valence-corrected chi connectivity index (χ1v) is 6.45. The van der Waals surface area contributed by atoms with Gasteiger partial charge in [-0.2, -0.15) is 0 Å². The summed E-state index contributed by atoms with van der Waals surface area (Å²) in [6, 6.07) is 7.57. The van der Waals surface area contributed by atoms with E-state index in [-0.39, 0.29) is 5.91 Å². The number of fused-ring (bicyclic) bond motifs is 1. The van der Waals surface area contributed by atoms with E-state index in [9.17, 15) is 4.79 Å². The predicted octanol–water partition coefficient (Wildman–Crippen LogP) is 2.32. The lowest BCUT2D eigenvalue weighted by molar-refractivity contribution is -0.120. The summed E-state index contributed by atoms with van der Waals surface area (Å²) >= 11 is 0. The van der Waals surface area contributed by atoms with E-state index in [0.29, 0.717) is 13.0 Å². The molecule has 0 atom stereocenters. The number of pyridine rings is 1. The number of rotatable bonds is 4. The molecule has 0 aliphatic heterocycles. The molecule has 1 amide bonds. The highest BCUT2D eigenvalue weighted by molar-refractivity contribution is 5.86. The summed E-state index contributed by atoms with van der Waals surface area (Å²) in [5.74, 6) is 1.57. The van der Waals surface area contributed by atoms with Crippen molar-refractivity contribution in [1.29, 1.82) is 0 Å². The van der Waals surface area contributed by atoms with Crippen LogP contribution in [0.15, 0.2) is 41.1 Å². The van der Waals surface area contributed by atoms with Crippen LogP contribution in [0.2, 0.25) is 0 Å². The largest absolute Gasteiger partial charge is 0.465 e.